The van der Waals surface area contributed by atoms with Gasteiger partial charge >= 0.3 is 0 Å². The Balaban J connectivity index is 2.55. The number of rotatable bonds is 8. The standard InChI is InChI=1S/C14H23NO3/c1-3-7-15-11(2)12-5-4-6-14(8-12)18-10-13(17)9-16/h4-6,8,11,13,15-17H,3,7,9-10H2,1-2H3. The average molecular weight is 253 g/mol. The van der Waals surface area contributed by atoms with Crippen molar-refractivity contribution in [1.29, 1.82) is 0 Å². The van der Waals surface area contributed by atoms with Crippen LogP contribution in [-0.4, -0.2) is 36.1 Å². The van der Waals surface area contributed by atoms with Gasteiger partial charge in [0.2, 0.25) is 0 Å². The molecule has 0 radical (unpaired) electrons. The highest BCUT2D eigenvalue weighted by atomic mass is 16.5. The second kappa shape index (κ2) is 8.08. The quantitative estimate of drug-likeness (QED) is 0.656. The number of benzene rings is 1. The van der Waals surface area contributed by atoms with Crippen LogP contribution in [0.1, 0.15) is 31.9 Å². The second-order valence-electron chi connectivity index (χ2n) is 4.40. The molecule has 0 aliphatic heterocycles. The molecule has 2 unspecified atom stereocenters. The van der Waals surface area contributed by atoms with Crippen molar-refractivity contribution in [2.45, 2.75) is 32.4 Å². The lowest BCUT2D eigenvalue weighted by molar-refractivity contribution is 0.0536. The van der Waals surface area contributed by atoms with Gasteiger partial charge in [0.25, 0.3) is 0 Å². The van der Waals surface area contributed by atoms with Crippen LogP contribution >= 0.6 is 0 Å². The van der Waals surface area contributed by atoms with Crippen LogP contribution in [-0.2, 0) is 0 Å². The smallest absolute Gasteiger partial charge is 0.119 e. The molecule has 0 fully saturated rings. The third-order valence-corrected chi connectivity index (χ3v) is 2.71. The molecule has 0 saturated carbocycles. The maximum Gasteiger partial charge on any atom is 0.119 e. The number of hydrogen-bond acceptors (Lipinski definition) is 4. The molecule has 3 N–H and O–H groups in total. The van der Waals surface area contributed by atoms with E-state index in [4.69, 9.17) is 9.84 Å². The normalized spacial score (nSPS) is 14.2. The fourth-order valence-electron chi connectivity index (χ4n) is 1.60. The van der Waals surface area contributed by atoms with Gasteiger partial charge in [-0.05, 0) is 37.6 Å². The first-order valence-corrected chi connectivity index (χ1v) is 6.42. The molecule has 0 aromatic heterocycles. The number of aliphatic hydroxyl groups excluding tert-OH is 2. The molecule has 0 aliphatic rings. The molecule has 4 nitrogen and oxygen atoms in total. The van der Waals surface area contributed by atoms with E-state index in [1.807, 2.05) is 24.3 Å². The Hall–Kier alpha value is -1.10. The van der Waals surface area contributed by atoms with Crippen LogP contribution in [0, 0.1) is 0 Å². The van der Waals surface area contributed by atoms with Crippen LogP contribution in [0.4, 0.5) is 0 Å². The van der Waals surface area contributed by atoms with E-state index in [0.717, 1.165) is 18.5 Å². The van der Waals surface area contributed by atoms with Gasteiger partial charge in [-0.25, -0.2) is 0 Å². The molecule has 0 heterocycles. The van der Waals surface area contributed by atoms with Crippen molar-refractivity contribution in [1.82, 2.24) is 5.32 Å². The molecule has 0 saturated heterocycles. The topological polar surface area (TPSA) is 61.7 Å². The zero-order chi connectivity index (χ0) is 13.4. The van der Waals surface area contributed by atoms with E-state index < -0.39 is 6.10 Å². The molecule has 2 atom stereocenters. The van der Waals surface area contributed by atoms with Crippen LogP contribution in [0.15, 0.2) is 24.3 Å². The highest BCUT2D eigenvalue weighted by Crippen LogP contribution is 2.19. The van der Waals surface area contributed by atoms with Gasteiger partial charge in [-0.1, -0.05) is 19.1 Å². The Morgan fingerprint density at radius 2 is 2.17 bits per heavy atom. The summed E-state index contributed by atoms with van der Waals surface area (Å²) >= 11 is 0. The summed E-state index contributed by atoms with van der Waals surface area (Å²) in [7, 11) is 0. The number of hydrogen-bond donors (Lipinski definition) is 3. The van der Waals surface area contributed by atoms with E-state index in [1.165, 1.54) is 0 Å². The van der Waals surface area contributed by atoms with Crippen molar-refractivity contribution in [3.8, 4) is 5.75 Å². The van der Waals surface area contributed by atoms with E-state index in [-0.39, 0.29) is 19.3 Å². The van der Waals surface area contributed by atoms with Crippen molar-refractivity contribution < 1.29 is 14.9 Å². The third kappa shape index (κ3) is 5.04. The molecule has 102 valence electrons. The number of nitrogens with one attached hydrogen (secondary N) is 1. The van der Waals surface area contributed by atoms with Gasteiger partial charge in [0, 0.05) is 6.04 Å². The summed E-state index contributed by atoms with van der Waals surface area (Å²) in [6, 6.07) is 8.05. The first-order chi connectivity index (χ1) is 8.67. The predicted octanol–water partition coefficient (Wildman–Crippen LogP) is 1.48. The van der Waals surface area contributed by atoms with Crippen LogP contribution in [0.5, 0.6) is 5.75 Å². The van der Waals surface area contributed by atoms with Gasteiger partial charge in [-0.2, -0.15) is 0 Å². The molecule has 0 bridgehead atoms. The summed E-state index contributed by atoms with van der Waals surface area (Å²) < 4.78 is 5.42. The largest absolute Gasteiger partial charge is 0.491 e. The molecule has 0 aliphatic carbocycles. The maximum atomic E-state index is 9.23. The van der Waals surface area contributed by atoms with E-state index in [1.54, 1.807) is 0 Å². The molecule has 4 heteroatoms. The van der Waals surface area contributed by atoms with Gasteiger partial charge in [-0.15, -0.1) is 0 Å². The minimum Gasteiger partial charge on any atom is -0.491 e. The Bertz CT molecular complexity index is 344. The Morgan fingerprint density at radius 1 is 1.39 bits per heavy atom. The SMILES string of the molecule is CCCNC(C)c1cccc(OCC(O)CO)c1. The Kier molecular flexibility index (Phi) is 6.72. The summed E-state index contributed by atoms with van der Waals surface area (Å²) in [6.45, 7) is 5.05. The van der Waals surface area contributed by atoms with Crippen molar-refractivity contribution >= 4 is 0 Å². The summed E-state index contributed by atoms with van der Waals surface area (Å²) in [6.07, 6.45) is 0.271. The van der Waals surface area contributed by atoms with Crippen LogP contribution < -0.4 is 10.1 Å². The zero-order valence-corrected chi connectivity index (χ0v) is 11.1. The second-order valence-corrected chi connectivity index (χ2v) is 4.40. The number of aliphatic hydroxyl groups is 2. The van der Waals surface area contributed by atoms with Crippen LogP contribution in [0.25, 0.3) is 0 Å². The van der Waals surface area contributed by atoms with Gasteiger partial charge in [0.1, 0.15) is 18.5 Å². The lowest BCUT2D eigenvalue weighted by Crippen LogP contribution is -2.21. The molecular weight excluding hydrogens is 230 g/mol. The van der Waals surface area contributed by atoms with E-state index in [9.17, 15) is 5.11 Å². The summed E-state index contributed by atoms with van der Waals surface area (Å²) in [5.74, 6) is 0.713. The Morgan fingerprint density at radius 3 is 2.83 bits per heavy atom. The van der Waals surface area contributed by atoms with E-state index in [2.05, 4.69) is 19.2 Å². The molecule has 0 amide bonds. The van der Waals surface area contributed by atoms with Gasteiger partial charge in [0.15, 0.2) is 0 Å². The van der Waals surface area contributed by atoms with Crippen molar-refractivity contribution in [2.24, 2.45) is 0 Å². The highest BCUT2D eigenvalue weighted by molar-refractivity contribution is 5.30. The molecule has 18 heavy (non-hydrogen) atoms. The average Bonchev–Trinajstić information content (AvgIpc) is 2.42. The van der Waals surface area contributed by atoms with Gasteiger partial charge in [-0.3, -0.25) is 0 Å². The highest BCUT2D eigenvalue weighted by Gasteiger charge is 2.07. The van der Waals surface area contributed by atoms with E-state index >= 15 is 0 Å². The Labute approximate surface area is 109 Å². The predicted molar refractivity (Wildman–Crippen MR) is 71.7 cm³/mol. The van der Waals surface area contributed by atoms with Crippen LogP contribution in [0.2, 0.25) is 0 Å². The molecule has 1 aromatic carbocycles. The molecule has 1 rings (SSSR count). The van der Waals surface area contributed by atoms with Crippen molar-refractivity contribution in [3.05, 3.63) is 29.8 Å². The van der Waals surface area contributed by atoms with Crippen molar-refractivity contribution in [3.63, 3.8) is 0 Å². The fraction of sp³-hybridized carbons (Fsp3) is 0.571. The lowest BCUT2D eigenvalue weighted by atomic mass is 10.1. The maximum absolute atomic E-state index is 9.23. The minimum atomic E-state index is -0.829. The van der Waals surface area contributed by atoms with Gasteiger partial charge in [0.05, 0.1) is 6.61 Å². The van der Waals surface area contributed by atoms with E-state index in [0.29, 0.717) is 5.75 Å². The minimum absolute atomic E-state index is 0.108. The first kappa shape index (κ1) is 15.0. The molecule has 0 spiro atoms. The summed E-state index contributed by atoms with van der Waals surface area (Å²) in [5.41, 5.74) is 1.15. The zero-order valence-electron chi connectivity index (χ0n) is 11.1. The lowest BCUT2D eigenvalue weighted by Gasteiger charge is -2.15. The summed E-state index contributed by atoms with van der Waals surface area (Å²) in [5, 5.41) is 21.3. The summed E-state index contributed by atoms with van der Waals surface area (Å²) in [4.78, 5) is 0. The molecular formula is C14H23NO3. The molecule has 1 aromatic rings. The monoisotopic (exact) mass is 253 g/mol. The number of ether oxygens (including phenoxy) is 1. The van der Waals surface area contributed by atoms with Crippen molar-refractivity contribution in [2.75, 3.05) is 19.8 Å². The van der Waals surface area contributed by atoms with Gasteiger partial charge < -0.3 is 20.3 Å². The van der Waals surface area contributed by atoms with Crippen LogP contribution in [0.3, 0.4) is 0 Å². The first-order valence-electron chi connectivity index (χ1n) is 6.42. The third-order valence-electron chi connectivity index (χ3n) is 2.71. The fourth-order valence-corrected chi connectivity index (χ4v) is 1.60.